The maximum atomic E-state index is 12.9. The monoisotopic (exact) mass is 303 g/mol. The predicted molar refractivity (Wildman–Crippen MR) is 75.0 cm³/mol. The molecule has 0 spiro atoms. The van der Waals surface area contributed by atoms with Crippen LogP contribution in [0, 0.1) is 19.7 Å². The average Bonchev–Trinajstić information content (AvgIpc) is 2.98. The predicted octanol–water partition coefficient (Wildman–Crippen LogP) is 2.22. The molecule has 114 valence electrons. The summed E-state index contributed by atoms with van der Waals surface area (Å²) in [7, 11) is 0. The first-order valence-corrected chi connectivity index (χ1v) is 6.75. The molecule has 0 unspecified atom stereocenters. The minimum Gasteiger partial charge on any atom is -0.444 e. The summed E-state index contributed by atoms with van der Waals surface area (Å²) < 4.78 is 24.5. The van der Waals surface area contributed by atoms with E-state index < -0.39 is 5.76 Å². The summed E-state index contributed by atoms with van der Waals surface area (Å²) in [6, 6.07) is 5.99. The molecule has 3 rings (SSSR count). The van der Waals surface area contributed by atoms with Gasteiger partial charge in [-0.3, -0.25) is 9.09 Å². The van der Waals surface area contributed by atoms with Crippen LogP contribution in [0.2, 0.25) is 0 Å². The molecule has 0 saturated heterocycles. The number of hydrogen-bond donors (Lipinski definition) is 0. The van der Waals surface area contributed by atoms with Crippen LogP contribution in [0.3, 0.4) is 0 Å². The minimum absolute atomic E-state index is 0.146. The number of rotatable bonds is 4. The van der Waals surface area contributed by atoms with Crippen LogP contribution in [0.1, 0.15) is 28.7 Å². The largest absolute Gasteiger partial charge is 0.444 e. The lowest BCUT2D eigenvalue weighted by molar-refractivity contribution is 0.370. The first-order valence-electron chi connectivity index (χ1n) is 6.75. The fourth-order valence-electron chi connectivity index (χ4n) is 2.11. The Morgan fingerprint density at radius 1 is 1.23 bits per heavy atom. The van der Waals surface area contributed by atoms with Crippen molar-refractivity contribution < 1.29 is 13.3 Å². The summed E-state index contributed by atoms with van der Waals surface area (Å²) in [5, 5.41) is 3.77. The van der Waals surface area contributed by atoms with Crippen molar-refractivity contribution in [2.45, 2.75) is 26.8 Å². The Bertz CT molecular complexity index is 826. The summed E-state index contributed by atoms with van der Waals surface area (Å²) in [6.07, 6.45) is 0.352. The molecular formula is C15H14FN3O3. The molecule has 2 heterocycles. The Morgan fingerprint density at radius 2 is 1.95 bits per heavy atom. The van der Waals surface area contributed by atoms with Crippen molar-refractivity contribution in [3.05, 3.63) is 69.4 Å². The zero-order valence-corrected chi connectivity index (χ0v) is 12.2. The number of oxazole rings is 1. The lowest BCUT2D eigenvalue weighted by Gasteiger charge is -2.02. The second kappa shape index (κ2) is 5.59. The van der Waals surface area contributed by atoms with Gasteiger partial charge in [0.1, 0.15) is 18.1 Å². The van der Waals surface area contributed by atoms with E-state index in [9.17, 15) is 9.18 Å². The summed E-state index contributed by atoms with van der Waals surface area (Å²) in [6.45, 7) is 3.79. The van der Waals surface area contributed by atoms with Gasteiger partial charge < -0.3 is 4.42 Å². The van der Waals surface area contributed by atoms with E-state index in [4.69, 9.17) is 8.94 Å². The fourth-order valence-corrected chi connectivity index (χ4v) is 2.11. The van der Waals surface area contributed by atoms with Gasteiger partial charge in [0.15, 0.2) is 5.82 Å². The number of halogens is 1. The second-order valence-electron chi connectivity index (χ2n) is 5.00. The van der Waals surface area contributed by atoms with Crippen LogP contribution in [0.25, 0.3) is 0 Å². The Kier molecular flexibility index (Phi) is 3.62. The highest BCUT2D eigenvalue weighted by Gasteiger charge is 2.15. The van der Waals surface area contributed by atoms with E-state index in [1.165, 1.54) is 16.7 Å². The Labute approximate surface area is 125 Å². The SMILES string of the molecule is Cc1nc(Cn2c(Cc3ccc(F)cc3)noc2=O)oc1C. The molecule has 7 heteroatoms. The first-order chi connectivity index (χ1) is 10.5. The van der Waals surface area contributed by atoms with Gasteiger partial charge in [-0.25, -0.2) is 14.2 Å². The van der Waals surface area contributed by atoms with Crippen LogP contribution < -0.4 is 5.76 Å². The molecular weight excluding hydrogens is 289 g/mol. The summed E-state index contributed by atoms with van der Waals surface area (Å²) in [4.78, 5) is 16.0. The fraction of sp³-hybridized carbons (Fsp3) is 0.267. The van der Waals surface area contributed by atoms with Gasteiger partial charge in [-0.05, 0) is 31.5 Å². The Balaban J connectivity index is 1.87. The number of aromatic nitrogens is 3. The van der Waals surface area contributed by atoms with Crippen LogP contribution >= 0.6 is 0 Å². The third kappa shape index (κ3) is 2.83. The Morgan fingerprint density at radius 3 is 2.59 bits per heavy atom. The van der Waals surface area contributed by atoms with E-state index in [-0.39, 0.29) is 12.4 Å². The topological polar surface area (TPSA) is 74.1 Å². The van der Waals surface area contributed by atoms with Crippen molar-refractivity contribution in [1.82, 2.24) is 14.7 Å². The molecule has 0 aliphatic heterocycles. The maximum absolute atomic E-state index is 12.9. The zero-order chi connectivity index (χ0) is 15.7. The molecule has 0 radical (unpaired) electrons. The summed E-state index contributed by atoms with van der Waals surface area (Å²) >= 11 is 0. The number of hydrogen-bond acceptors (Lipinski definition) is 5. The molecule has 3 aromatic rings. The zero-order valence-electron chi connectivity index (χ0n) is 12.2. The standard InChI is InChI=1S/C15H14FN3O3/c1-9-10(2)21-14(17-9)8-19-13(18-22-15(19)20)7-11-3-5-12(16)6-4-11/h3-6H,7-8H2,1-2H3. The van der Waals surface area contributed by atoms with Crippen molar-refractivity contribution in [3.63, 3.8) is 0 Å². The lowest BCUT2D eigenvalue weighted by atomic mass is 10.1. The average molecular weight is 303 g/mol. The van der Waals surface area contributed by atoms with E-state index in [0.717, 1.165) is 11.3 Å². The Hall–Kier alpha value is -2.70. The van der Waals surface area contributed by atoms with Crippen LogP contribution in [0.5, 0.6) is 0 Å². The van der Waals surface area contributed by atoms with Crippen molar-refractivity contribution in [1.29, 1.82) is 0 Å². The van der Waals surface area contributed by atoms with Gasteiger partial charge in [-0.2, -0.15) is 0 Å². The summed E-state index contributed by atoms with van der Waals surface area (Å²) in [5.74, 6) is 0.669. The number of aryl methyl sites for hydroxylation is 2. The second-order valence-corrected chi connectivity index (χ2v) is 5.00. The molecule has 0 saturated carbocycles. The van der Waals surface area contributed by atoms with Crippen molar-refractivity contribution in [2.24, 2.45) is 0 Å². The molecule has 22 heavy (non-hydrogen) atoms. The van der Waals surface area contributed by atoms with Gasteiger partial charge in [-0.15, -0.1) is 0 Å². The highest BCUT2D eigenvalue weighted by Crippen LogP contribution is 2.12. The van der Waals surface area contributed by atoms with Gasteiger partial charge in [0.25, 0.3) is 0 Å². The third-order valence-electron chi connectivity index (χ3n) is 3.40. The van der Waals surface area contributed by atoms with Gasteiger partial charge >= 0.3 is 5.76 Å². The molecule has 0 aliphatic carbocycles. The van der Waals surface area contributed by atoms with Gasteiger partial charge in [0.2, 0.25) is 5.89 Å². The number of nitrogens with zero attached hydrogens (tertiary/aromatic N) is 3. The van der Waals surface area contributed by atoms with Gasteiger partial charge in [0.05, 0.1) is 5.69 Å². The van der Waals surface area contributed by atoms with Crippen LogP contribution in [0.4, 0.5) is 4.39 Å². The molecule has 0 atom stereocenters. The maximum Gasteiger partial charge on any atom is 0.442 e. The van der Waals surface area contributed by atoms with E-state index in [2.05, 4.69) is 10.1 Å². The smallest absolute Gasteiger partial charge is 0.442 e. The quantitative estimate of drug-likeness (QED) is 0.739. The van der Waals surface area contributed by atoms with Crippen LogP contribution in [-0.4, -0.2) is 14.7 Å². The summed E-state index contributed by atoms with van der Waals surface area (Å²) in [5.41, 5.74) is 1.60. The van der Waals surface area contributed by atoms with Crippen LogP contribution in [0.15, 0.2) is 38.0 Å². The van der Waals surface area contributed by atoms with Crippen LogP contribution in [-0.2, 0) is 13.0 Å². The van der Waals surface area contributed by atoms with Crippen molar-refractivity contribution in [2.75, 3.05) is 0 Å². The highest BCUT2D eigenvalue weighted by molar-refractivity contribution is 5.19. The van der Waals surface area contributed by atoms with E-state index in [0.29, 0.717) is 23.9 Å². The van der Waals surface area contributed by atoms with E-state index >= 15 is 0 Å². The first kappa shape index (κ1) is 14.2. The minimum atomic E-state index is -0.578. The van der Waals surface area contributed by atoms with E-state index in [1.54, 1.807) is 12.1 Å². The third-order valence-corrected chi connectivity index (χ3v) is 3.40. The van der Waals surface area contributed by atoms with Gasteiger partial charge in [0, 0.05) is 6.42 Å². The van der Waals surface area contributed by atoms with Gasteiger partial charge in [-0.1, -0.05) is 17.3 Å². The highest BCUT2D eigenvalue weighted by atomic mass is 19.1. The van der Waals surface area contributed by atoms with Crippen molar-refractivity contribution in [3.8, 4) is 0 Å². The molecule has 0 amide bonds. The lowest BCUT2D eigenvalue weighted by Crippen LogP contribution is -2.18. The molecule has 0 aliphatic rings. The molecule has 1 aromatic carbocycles. The van der Waals surface area contributed by atoms with Crippen molar-refractivity contribution >= 4 is 0 Å². The normalized spacial score (nSPS) is 11.0. The molecule has 0 N–H and O–H groups in total. The number of benzene rings is 1. The molecule has 0 fully saturated rings. The molecule has 0 bridgehead atoms. The van der Waals surface area contributed by atoms with E-state index in [1.807, 2.05) is 13.8 Å². The molecule has 6 nitrogen and oxygen atoms in total. The molecule has 2 aromatic heterocycles.